The predicted octanol–water partition coefficient (Wildman–Crippen LogP) is 0.659. The first-order valence-corrected chi connectivity index (χ1v) is 5.15. The Morgan fingerprint density at radius 1 is 1.53 bits per heavy atom. The molecule has 1 amide bonds. The molecule has 0 radical (unpaired) electrons. The van der Waals surface area contributed by atoms with Crippen LogP contribution >= 0.6 is 11.8 Å². The highest BCUT2D eigenvalue weighted by atomic mass is 35.5. The van der Waals surface area contributed by atoms with Crippen LogP contribution in [-0.4, -0.2) is 36.0 Å². The first-order valence-electron chi connectivity index (χ1n) is 4.81. The fourth-order valence-corrected chi connectivity index (χ4v) is 1.52. The highest BCUT2D eigenvalue weighted by Crippen LogP contribution is 2.09. The molecule has 1 atom stereocenters. The number of rotatable bonds is 7. The molecular formula is C9H17ClN2O3. The fraction of sp³-hybridized carbons (Fsp3) is 0.778. The summed E-state index contributed by atoms with van der Waals surface area (Å²) in [7, 11) is 1.33. The van der Waals surface area contributed by atoms with Gasteiger partial charge in [0.15, 0.2) is 0 Å². The Morgan fingerprint density at radius 2 is 2.13 bits per heavy atom. The lowest BCUT2D eigenvalue weighted by Gasteiger charge is -2.20. The van der Waals surface area contributed by atoms with Crippen molar-refractivity contribution in [3.63, 3.8) is 0 Å². The van der Waals surface area contributed by atoms with Gasteiger partial charge < -0.3 is 10.5 Å². The van der Waals surface area contributed by atoms with Crippen LogP contribution in [0.15, 0.2) is 0 Å². The van der Waals surface area contributed by atoms with Crippen molar-refractivity contribution >= 4 is 23.7 Å². The van der Waals surface area contributed by atoms with E-state index >= 15 is 0 Å². The van der Waals surface area contributed by atoms with E-state index in [0.717, 1.165) is 0 Å². The minimum absolute atomic E-state index is 0.285. The minimum Gasteiger partial charge on any atom is -0.469 e. The number of ether oxygens (including phenoxy) is 1. The van der Waals surface area contributed by atoms with Gasteiger partial charge >= 0.3 is 5.97 Å². The molecule has 0 aliphatic heterocycles. The second-order valence-corrected chi connectivity index (χ2v) is 3.56. The second kappa shape index (κ2) is 7.48. The average molecular weight is 237 g/mol. The van der Waals surface area contributed by atoms with Gasteiger partial charge in [0.2, 0.25) is 5.91 Å². The molecule has 6 heteroatoms. The molecule has 0 fully saturated rings. The zero-order chi connectivity index (χ0) is 11.8. The van der Waals surface area contributed by atoms with E-state index in [9.17, 15) is 9.59 Å². The van der Waals surface area contributed by atoms with Crippen LogP contribution in [0.2, 0.25) is 0 Å². The first kappa shape index (κ1) is 14.2. The van der Waals surface area contributed by atoms with Crippen molar-refractivity contribution < 1.29 is 14.3 Å². The van der Waals surface area contributed by atoms with Crippen molar-refractivity contribution in [2.75, 3.05) is 13.7 Å². The van der Waals surface area contributed by atoms with E-state index in [4.69, 9.17) is 17.5 Å². The lowest BCUT2D eigenvalue weighted by atomic mass is 10.2. The smallest absolute Gasteiger partial charge is 0.305 e. The zero-order valence-electron chi connectivity index (χ0n) is 9.03. The molecule has 0 rings (SSSR count). The predicted molar refractivity (Wildman–Crippen MR) is 57.1 cm³/mol. The maximum absolute atomic E-state index is 10.9. The van der Waals surface area contributed by atoms with Gasteiger partial charge in [-0.05, 0) is 24.6 Å². The first-order chi connectivity index (χ1) is 7.02. The summed E-state index contributed by atoms with van der Waals surface area (Å²) in [6, 6.07) is -0.482. The molecule has 0 aromatic carbocycles. The molecule has 0 saturated carbocycles. The van der Waals surface area contributed by atoms with E-state index in [1.165, 1.54) is 11.5 Å². The van der Waals surface area contributed by atoms with E-state index in [2.05, 4.69) is 4.74 Å². The average Bonchev–Trinajstić information content (AvgIpc) is 2.17. The van der Waals surface area contributed by atoms with Crippen LogP contribution in [0.5, 0.6) is 0 Å². The van der Waals surface area contributed by atoms with Gasteiger partial charge in [0.25, 0.3) is 0 Å². The van der Waals surface area contributed by atoms with Gasteiger partial charge in [0.05, 0.1) is 7.11 Å². The molecule has 0 aliphatic rings. The lowest BCUT2D eigenvalue weighted by molar-refractivity contribution is -0.140. The number of halogens is 1. The summed E-state index contributed by atoms with van der Waals surface area (Å²) in [6.07, 6.45) is 1.38. The Bertz CT molecular complexity index is 223. The molecule has 0 unspecified atom stereocenters. The van der Waals surface area contributed by atoms with Crippen LogP contribution in [0.25, 0.3) is 0 Å². The Morgan fingerprint density at radius 3 is 2.53 bits per heavy atom. The number of amides is 1. The second-order valence-electron chi connectivity index (χ2n) is 3.13. The number of hydrogen-bond donors (Lipinski definition) is 1. The quantitative estimate of drug-likeness (QED) is 0.521. The van der Waals surface area contributed by atoms with Gasteiger partial charge in [-0.2, -0.15) is 0 Å². The van der Waals surface area contributed by atoms with Gasteiger partial charge in [0.1, 0.15) is 6.04 Å². The largest absolute Gasteiger partial charge is 0.469 e. The Labute approximate surface area is 94.6 Å². The maximum Gasteiger partial charge on any atom is 0.305 e. The van der Waals surface area contributed by atoms with Crippen LogP contribution in [0.3, 0.4) is 0 Å². The van der Waals surface area contributed by atoms with Crippen molar-refractivity contribution in [2.24, 2.45) is 5.73 Å². The van der Waals surface area contributed by atoms with E-state index in [-0.39, 0.29) is 12.4 Å². The molecule has 0 aliphatic carbocycles. The van der Waals surface area contributed by atoms with Crippen molar-refractivity contribution in [1.29, 1.82) is 0 Å². The van der Waals surface area contributed by atoms with Gasteiger partial charge in [-0.3, -0.25) is 9.59 Å². The molecule has 5 nitrogen and oxygen atoms in total. The number of primary amides is 1. The van der Waals surface area contributed by atoms with Crippen molar-refractivity contribution in [2.45, 2.75) is 32.2 Å². The third-order valence-corrected chi connectivity index (χ3v) is 2.44. The summed E-state index contributed by atoms with van der Waals surface area (Å²) in [5, 5.41) is 0. The van der Waals surface area contributed by atoms with Gasteiger partial charge in [0, 0.05) is 13.0 Å². The Hall–Kier alpha value is -0.810. The van der Waals surface area contributed by atoms with Gasteiger partial charge in [-0.15, -0.1) is 0 Å². The summed E-state index contributed by atoms with van der Waals surface area (Å²) in [6.45, 7) is 2.25. The normalized spacial score (nSPS) is 12.5. The molecule has 0 saturated heterocycles. The van der Waals surface area contributed by atoms with Crippen molar-refractivity contribution in [3.05, 3.63) is 0 Å². The Kier molecular flexibility index (Phi) is 7.07. The third-order valence-electron chi connectivity index (χ3n) is 2.03. The van der Waals surface area contributed by atoms with E-state index in [1.807, 2.05) is 6.92 Å². The standard InChI is InChI=1S/C9H17ClN2O3/c1-3-7(9(11)14)12(10)6-4-5-8(13)15-2/h7H,3-6H2,1-2H3,(H2,11,14)/t7-/m0/s1. The van der Waals surface area contributed by atoms with Crippen LogP contribution in [-0.2, 0) is 14.3 Å². The fourth-order valence-electron chi connectivity index (χ4n) is 1.17. The number of esters is 1. The molecule has 2 N–H and O–H groups in total. The van der Waals surface area contributed by atoms with E-state index in [0.29, 0.717) is 19.4 Å². The lowest BCUT2D eigenvalue weighted by Crippen LogP contribution is -2.39. The summed E-state index contributed by atoms with van der Waals surface area (Å²) >= 11 is 5.85. The molecular weight excluding hydrogens is 220 g/mol. The SMILES string of the molecule is CC[C@@H](C(N)=O)N(Cl)CCCC(=O)OC. The maximum atomic E-state index is 10.9. The number of nitrogens with two attached hydrogens (primary N) is 1. The molecule has 0 spiro atoms. The van der Waals surface area contributed by atoms with Gasteiger partial charge in [-0.1, -0.05) is 6.92 Å². The van der Waals surface area contributed by atoms with Gasteiger partial charge in [-0.25, -0.2) is 4.42 Å². The summed E-state index contributed by atoms with van der Waals surface area (Å²) < 4.78 is 5.81. The highest BCUT2D eigenvalue weighted by molar-refractivity contribution is 6.14. The molecule has 0 aromatic rings. The molecule has 0 bridgehead atoms. The summed E-state index contributed by atoms with van der Waals surface area (Å²) in [5.74, 6) is -0.738. The molecule has 0 heterocycles. The summed E-state index contributed by atoms with van der Waals surface area (Å²) in [4.78, 5) is 21.7. The molecule has 88 valence electrons. The van der Waals surface area contributed by atoms with Crippen LogP contribution < -0.4 is 5.73 Å². The number of methoxy groups -OCH3 is 1. The third kappa shape index (κ3) is 5.59. The number of nitrogens with zero attached hydrogens (tertiary/aromatic N) is 1. The van der Waals surface area contributed by atoms with Crippen molar-refractivity contribution in [3.8, 4) is 0 Å². The van der Waals surface area contributed by atoms with Crippen LogP contribution in [0.4, 0.5) is 0 Å². The minimum atomic E-state index is -0.482. The van der Waals surface area contributed by atoms with Crippen LogP contribution in [0.1, 0.15) is 26.2 Å². The van der Waals surface area contributed by atoms with Crippen LogP contribution in [0, 0.1) is 0 Å². The highest BCUT2D eigenvalue weighted by Gasteiger charge is 2.20. The monoisotopic (exact) mass is 236 g/mol. The summed E-state index contributed by atoms with van der Waals surface area (Å²) in [5.41, 5.74) is 5.15. The topological polar surface area (TPSA) is 72.6 Å². The Balaban J connectivity index is 3.86. The molecule has 15 heavy (non-hydrogen) atoms. The van der Waals surface area contributed by atoms with E-state index in [1.54, 1.807) is 0 Å². The van der Waals surface area contributed by atoms with Crippen molar-refractivity contribution in [1.82, 2.24) is 4.42 Å². The molecule has 0 aromatic heterocycles. The number of hydrogen-bond acceptors (Lipinski definition) is 4. The number of carbonyl (C=O) groups is 2. The zero-order valence-corrected chi connectivity index (χ0v) is 9.79. The van der Waals surface area contributed by atoms with E-state index < -0.39 is 11.9 Å². The number of carbonyl (C=O) groups excluding carboxylic acids is 2.